The van der Waals surface area contributed by atoms with Gasteiger partial charge in [-0.05, 0) is 36.2 Å². The van der Waals surface area contributed by atoms with Gasteiger partial charge in [0, 0.05) is 24.5 Å². The van der Waals surface area contributed by atoms with E-state index in [-0.39, 0.29) is 25.4 Å². The van der Waals surface area contributed by atoms with Gasteiger partial charge in [0.2, 0.25) is 15.9 Å². The molecule has 1 aromatic heterocycles. The smallest absolute Gasteiger partial charge is 0.221 e. The summed E-state index contributed by atoms with van der Waals surface area (Å²) in [6.07, 6.45) is 3.33. The highest BCUT2D eigenvalue weighted by Gasteiger charge is 2.17. The van der Waals surface area contributed by atoms with Crippen LogP contribution >= 0.6 is 11.6 Å². The van der Waals surface area contributed by atoms with Gasteiger partial charge in [0.15, 0.2) is 0 Å². The molecule has 2 aromatic rings. The first kappa shape index (κ1) is 19.5. The quantitative estimate of drug-likeness (QED) is 0.720. The standard InChI is InChI=1S/C17H21ClN2O4S/c1-25(22,23)20(10-8-14-4-6-15(18)7-5-14)11-9-17(21)19-13-16-3-2-12-24-16/h2-7,12H,8-11,13H2,1H3,(H,19,21). The van der Waals surface area contributed by atoms with Crippen molar-refractivity contribution in [3.05, 3.63) is 59.0 Å². The van der Waals surface area contributed by atoms with Gasteiger partial charge < -0.3 is 9.73 Å². The van der Waals surface area contributed by atoms with Crippen molar-refractivity contribution in [3.63, 3.8) is 0 Å². The molecule has 8 heteroatoms. The molecule has 0 aliphatic rings. The molecule has 2 rings (SSSR count). The number of amides is 1. The highest BCUT2D eigenvalue weighted by atomic mass is 35.5. The van der Waals surface area contributed by atoms with Crippen molar-refractivity contribution in [2.24, 2.45) is 0 Å². The fourth-order valence-corrected chi connectivity index (χ4v) is 3.23. The summed E-state index contributed by atoms with van der Waals surface area (Å²) in [7, 11) is -3.39. The molecule has 6 nitrogen and oxygen atoms in total. The van der Waals surface area contributed by atoms with E-state index in [1.807, 2.05) is 12.1 Å². The Morgan fingerprint density at radius 3 is 2.52 bits per heavy atom. The van der Waals surface area contributed by atoms with E-state index < -0.39 is 10.0 Å². The molecule has 1 N–H and O–H groups in total. The molecule has 0 saturated heterocycles. The highest BCUT2D eigenvalue weighted by Crippen LogP contribution is 2.11. The predicted octanol–water partition coefficient (Wildman–Crippen LogP) is 2.44. The maximum Gasteiger partial charge on any atom is 0.221 e. The van der Waals surface area contributed by atoms with Crippen molar-refractivity contribution in [2.45, 2.75) is 19.4 Å². The summed E-state index contributed by atoms with van der Waals surface area (Å²) in [5, 5.41) is 3.34. The second-order valence-electron chi connectivity index (χ2n) is 5.64. The first-order chi connectivity index (χ1) is 11.8. The van der Waals surface area contributed by atoms with Gasteiger partial charge in [0.1, 0.15) is 5.76 Å². The molecule has 0 fully saturated rings. The molecule has 1 aromatic carbocycles. The van der Waals surface area contributed by atoms with Gasteiger partial charge in [0.05, 0.1) is 19.1 Å². The first-order valence-corrected chi connectivity index (χ1v) is 10.1. The number of furan rings is 1. The third kappa shape index (κ3) is 6.89. The van der Waals surface area contributed by atoms with E-state index in [1.165, 1.54) is 10.6 Å². The van der Waals surface area contributed by atoms with Crippen LogP contribution in [0.5, 0.6) is 0 Å². The van der Waals surface area contributed by atoms with Crippen LogP contribution in [-0.4, -0.2) is 38.0 Å². The molecular weight excluding hydrogens is 364 g/mol. The number of hydrogen-bond donors (Lipinski definition) is 1. The van der Waals surface area contributed by atoms with Gasteiger partial charge in [-0.2, -0.15) is 0 Å². The lowest BCUT2D eigenvalue weighted by Crippen LogP contribution is -2.35. The van der Waals surface area contributed by atoms with Crippen molar-refractivity contribution < 1.29 is 17.6 Å². The lowest BCUT2D eigenvalue weighted by Gasteiger charge is -2.19. The monoisotopic (exact) mass is 384 g/mol. The van der Waals surface area contributed by atoms with Gasteiger partial charge in [-0.25, -0.2) is 12.7 Å². The molecule has 0 aliphatic carbocycles. The van der Waals surface area contributed by atoms with Crippen LogP contribution in [0.2, 0.25) is 5.02 Å². The lowest BCUT2D eigenvalue weighted by molar-refractivity contribution is -0.121. The molecule has 25 heavy (non-hydrogen) atoms. The normalized spacial score (nSPS) is 11.6. The van der Waals surface area contributed by atoms with Crippen LogP contribution in [0.25, 0.3) is 0 Å². The van der Waals surface area contributed by atoms with E-state index in [9.17, 15) is 13.2 Å². The number of rotatable bonds is 9. The molecule has 0 radical (unpaired) electrons. The topological polar surface area (TPSA) is 79.6 Å². The lowest BCUT2D eigenvalue weighted by atomic mass is 10.1. The Bertz CT molecular complexity index is 773. The Morgan fingerprint density at radius 2 is 1.92 bits per heavy atom. The SMILES string of the molecule is CS(=O)(=O)N(CCC(=O)NCc1ccco1)CCc1ccc(Cl)cc1. The highest BCUT2D eigenvalue weighted by molar-refractivity contribution is 7.88. The second kappa shape index (κ2) is 9.03. The number of carbonyl (C=O) groups excluding carboxylic acids is 1. The molecule has 1 amide bonds. The van der Waals surface area contributed by atoms with Crippen molar-refractivity contribution in [2.75, 3.05) is 19.3 Å². The van der Waals surface area contributed by atoms with E-state index >= 15 is 0 Å². The third-order valence-electron chi connectivity index (χ3n) is 3.66. The van der Waals surface area contributed by atoms with Crippen LogP contribution < -0.4 is 5.32 Å². The number of hydrogen-bond acceptors (Lipinski definition) is 4. The molecule has 0 aliphatic heterocycles. The van der Waals surface area contributed by atoms with Gasteiger partial charge in [-0.1, -0.05) is 23.7 Å². The van der Waals surface area contributed by atoms with Crippen LogP contribution in [0, 0.1) is 0 Å². The minimum absolute atomic E-state index is 0.0917. The minimum atomic E-state index is -3.39. The molecular formula is C17H21ClN2O4S. The Kier molecular flexibility index (Phi) is 7.04. The maximum atomic E-state index is 11.9. The Labute approximate surface area is 152 Å². The van der Waals surface area contributed by atoms with E-state index in [1.54, 1.807) is 24.3 Å². The van der Waals surface area contributed by atoms with Crippen LogP contribution in [0.3, 0.4) is 0 Å². The average molecular weight is 385 g/mol. The molecule has 0 atom stereocenters. The number of halogens is 1. The van der Waals surface area contributed by atoms with Crippen LogP contribution in [0.1, 0.15) is 17.7 Å². The van der Waals surface area contributed by atoms with Gasteiger partial charge in [0.25, 0.3) is 0 Å². The Balaban J connectivity index is 1.83. The van der Waals surface area contributed by atoms with Crippen molar-refractivity contribution in [3.8, 4) is 0 Å². The van der Waals surface area contributed by atoms with Crippen molar-refractivity contribution in [1.82, 2.24) is 9.62 Å². The summed E-state index contributed by atoms with van der Waals surface area (Å²) in [6, 6.07) is 10.8. The van der Waals surface area contributed by atoms with Crippen LogP contribution in [0.15, 0.2) is 47.1 Å². The number of benzene rings is 1. The average Bonchev–Trinajstić information content (AvgIpc) is 3.06. The molecule has 0 spiro atoms. The van der Waals surface area contributed by atoms with E-state index in [4.69, 9.17) is 16.0 Å². The summed E-state index contributed by atoms with van der Waals surface area (Å²) in [5.74, 6) is 0.424. The number of nitrogens with one attached hydrogen (secondary N) is 1. The van der Waals surface area contributed by atoms with Crippen LogP contribution in [-0.2, 0) is 27.8 Å². The molecule has 0 bridgehead atoms. The summed E-state index contributed by atoms with van der Waals surface area (Å²) in [5.41, 5.74) is 0.986. The third-order valence-corrected chi connectivity index (χ3v) is 5.22. The zero-order valence-electron chi connectivity index (χ0n) is 13.9. The Hall–Kier alpha value is -1.83. The zero-order valence-corrected chi connectivity index (χ0v) is 15.5. The number of carbonyl (C=O) groups is 1. The fourth-order valence-electron chi connectivity index (χ4n) is 2.26. The summed E-state index contributed by atoms with van der Waals surface area (Å²) < 4.78 is 30.3. The zero-order chi connectivity index (χ0) is 18.3. The molecule has 0 unspecified atom stereocenters. The maximum absolute atomic E-state index is 11.9. The predicted molar refractivity (Wildman–Crippen MR) is 96.7 cm³/mol. The van der Waals surface area contributed by atoms with E-state index in [2.05, 4.69) is 5.32 Å². The van der Waals surface area contributed by atoms with Crippen molar-refractivity contribution >= 4 is 27.5 Å². The number of nitrogens with zero attached hydrogens (tertiary/aromatic N) is 1. The van der Waals surface area contributed by atoms with Crippen LogP contribution in [0.4, 0.5) is 0 Å². The molecule has 0 saturated carbocycles. The van der Waals surface area contributed by atoms with Gasteiger partial charge >= 0.3 is 0 Å². The Morgan fingerprint density at radius 1 is 1.20 bits per heavy atom. The summed E-state index contributed by atoms with van der Waals surface area (Å²) in [6.45, 7) is 0.734. The van der Waals surface area contributed by atoms with E-state index in [0.717, 1.165) is 11.8 Å². The second-order valence-corrected chi connectivity index (χ2v) is 8.06. The van der Waals surface area contributed by atoms with Crippen molar-refractivity contribution in [1.29, 1.82) is 0 Å². The summed E-state index contributed by atoms with van der Waals surface area (Å²) >= 11 is 5.84. The first-order valence-electron chi connectivity index (χ1n) is 7.83. The number of sulfonamides is 1. The van der Waals surface area contributed by atoms with E-state index in [0.29, 0.717) is 23.7 Å². The van der Waals surface area contributed by atoms with Gasteiger partial charge in [-0.15, -0.1) is 0 Å². The fraction of sp³-hybridized carbons (Fsp3) is 0.353. The summed E-state index contributed by atoms with van der Waals surface area (Å²) in [4.78, 5) is 11.9. The molecule has 136 valence electrons. The largest absolute Gasteiger partial charge is 0.467 e. The molecule has 1 heterocycles. The van der Waals surface area contributed by atoms with Gasteiger partial charge in [-0.3, -0.25) is 4.79 Å². The minimum Gasteiger partial charge on any atom is -0.467 e.